The second-order valence-electron chi connectivity index (χ2n) is 4.65. The first-order chi connectivity index (χ1) is 8.76. The number of alkyl halides is 3. The predicted molar refractivity (Wildman–Crippen MR) is 66.7 cm³/mol. The largest absolute Gasteiger partial charge is 0.416 e. The maximum Gasteiger partial charge on any atom is 0.416 e. The minimum absolute atomic E-state index is 0.000242. The van der Waals surface area contributed by atoms with E-state index in [0.717, 1.165) is 12.1 Å². The number of halogens is 3. The summed E-state index contributed by atoms with van der Waals surface area (Å²) in [5.74, 6) is 0.261. The number of hydrogen-bond donors (Lipinski definition) is 1. The molecule has 0 amide bonds. The summed E-state index contributed by atoms with van der Waals surface area (Å²) in [7, 11) is -2.92. The topological polar surface area (TPSA) is 46.2 Å². The van der Waals surface area contributed by atoms with Crippen LogP contribution in [0.2, 0.25) is 0 Å². The Labute approximate surface area is 109 Å². The van der Waals surface area contributed by atoms with E-state index < -0.39 is 21.6 Å². The minimum atomic E-state index is -4.34. The Hall–Kier alpha value is -1.24. The Morgan fingerprint density at radius 2 is 1.58 bits per heavy atom. The van der Waals surface area contributed by atoms with E-state index in [1.54, 1.807) is 0 Å². The Kier molecular flexibility index (Phi) is 3.75. The molecule has 1 aliphatic rings. The molecule has 1 aromatic carbocycles. The van der Waals surface area contributed by atoms with Crippen molar-refractivity contribution in [1.82, 2.24) is 0 Å². The summed E-state index contributed by atoms with van der Waals surface area (Å²) in [6, 6.07) is 4.77. The Morgan fingerprint density at radius 3 is 2.05 bits per heavy atom. The van der Waals surface area contributed by atoms with Crippen molar-refractivity contribution in [2.45, 2.75) is 25.1 Å². The summed E-state index contributed by atoms with van der Waals surface area (Å²) in [6.07, 6.45) is -3.36. The van der Waals surface area contributed by atoms with Crippen LogP contribution in [0.5, 0.6) is 0 Å². The molecule has 0 radical (unpaired) electrons. The van der Waals surface area contributed by atoms with Crippen molar-refractivity contribution < 1.29 is 21.6 Å². The van der Waals surface area contributed by atoms with Gasteiger partial charge in [0.1, 0.15) is 9.84 Å². The first-order valence-corrected chi connectivity index (χ1v) is 7.73. The molecule has 0 spiro atoms. The number of rotatable bonds is 2. The van der Waals surface area contributed by atoms with Crippen molar-refractivity contribution in [1.29, 1.82) is 0 Å². The molecule has 0 atom stereocenters. The zero-order valence-corrected chi connectivity index (χ0v) is 10.9. The molecule has 1 saturated heterocycles. The molecule has 1 N–H and O–H groups in total. The van der Waals surface area contributed by atoms with Crippen LogP contribution in [0, 0.1) is 0 Å². The summed E-state index contributed by atoms with van der Waals surface area (Å²) in [4.78, 5) is 0. The fourth-order valence-electron chi connectivity index (χ4n) is 2.03. The lowest BCUT2D eigenvalue weighted by Gasteiger charge is -2.24. The quantitative estimate of drug-likeness (QED) is 0.912. The van der Waals surface area contributed by atoms with Crippen LogP contribution in [0.15, 0.2) is 24.3 Å². The van der Waals surface area contributed by atoms with Crippen LogP contribution in [-0.4, -0.2) is 26.0 Å². The van der Waals surface area contributed by atoms with E-state index in [-0.39, 0.29) is 17.5 Å². The van der Waals surface area contributed by atoms with E-state index in [2.05, 4.69) is 5.32 Å². The highest BCUT2D eigenvalue weighted by molar-refractivity contribution is 7.91. The standard InChI is InChI=1S/C12H14F3NO2S/c13-12(14,15)9-1-3-10(4-2-9)16-11-5-7-19(17,18)8-6-11/h1-4,11,16H,5-8H2. The zero-order chi connectivity index (χ0) is 14.1. The number of anilines is 1. The fourth-order valence-corrected chi connectivity index (χ4v) is 3.52. The SMILES string of the molecule is O=S1(=O)CCC(Nc2ccc(C(F)(F)F)cc2)CC1. The molecule has 1 fully saturated rings. The highest BCUT2D eigenvalue weighted by Crippen LogP contribution is 2.30. The molecule has 0 saturated carbocycles. The summed E-state index contributed by atoms with van der Waals surface area (Å²) in [5, 5.41) is 3.07. The second-order valence-corrected chi connectivity index (χ2v) is 6.95. The third-order valence-electron chi connectivity index (χ3n) is 3.14. The van der Waals surface area contributed by atoms with E-state index in [1.165, 1.54) is 12.1 Å². The van der Waals surface area contributed by atoms with Gasteiger partial charge in [0, 0.05) is 11.7 Å². The smallest absolute Gasteiger partial charge is 0.382 e. The van der Waals surface area contributed by atoms with Gasteiger partial charge in [-0.05, 0) is 37.1 Å². The van der Waals surface area contributed by atoms with E-state index in [0.29, 0.717) is 18.5 Å². The molecule has 1 aromatic rings. The van der Waals surface area contributed by atoms with Crippen molar-refractivity contribution in [3.8, 4) is 0 Å². The van der Waals surface area contributed by atoms with E-state index in [9.17, 15) is 21.6 Å². The molecule has 0 aliphatic carbocycles. The number of nitrogens with one attached hydrogen (secondary N) is 1. The number of hydrogen-bond acceptors (Lipinski definition) is 3. The highest BCUT2D eigenvalue weighted by Gasteiger charge is 2.30. The average Bonchev–Trinajstić information content (AvgIpc) is 2.31. The summed E-state index contributed by atoms with van der Waals surface area (Å²) in [5.41, 5.74) is -0.110. The van der Waals surface area contributed by atoms with Gasteiger partial charge in [-0.2, -0.15) is 13.2 Å². The van der Waals surface area contributed by atoms with E-state index in [1.807, 2.05) is 0 Å². The lowest BCUT2D eigenvalue weighted by molar-refractivity contribution is -0.137. The molecular formula is C12H14F3NO2S. The number of sulfone groups is 1. The van der Waals surface area contributed by atoms with E-state index in [4.69, 9.17) is 0 Å². The van der Waals surface area contributed by atoms with Crippen molar-refractivity contribution in [3.63, 3.8) is 0 Å². The molecular weight excluding hydrogens is 279 g/mol. The van der Waals surface area contributed by atoms with Gasteiger partial charge in [-0.15, -0.1) is 0 Å². The van der Waals surface area contributed by atoms with Crippen molar-refractivity contribution in [2.75, 3.05) is 16.8 Å². The maximum atomic E-state index is 12.4. The van der Waals surface area contributed by atoms with Crippen LogP contribution in [0.1, 0.15) is 18.4 Å². The monoisotopic (exact) mass is 293 g/mol. The highest BCUT2D eigenvalue weighted by atomic mass is 32.2. The van der Waals surface area contributed by atoms with Crippen LogP contribution >= 0.6 is 0 Å². The van der Waals surface area contributed by atoms with Gasteiger partial charge in [-0.3, -0.25) is 0 Å². The fraction of sp³-hybridized carbons (Fsp3) is 0.500. The first-order valence-electron chi connectivity index (χ1n) is 5.90. The molecule has 3 nitrogen and oxygen atoms in total. The van der Waals surface area contributed by atoms with Gasteiger partial charge >= 0.3 is 6.18 Å². The molecule has 0 bridgehead atoms. The van der Waals surface area contributed by atoms with Gasteiger partial charge in [0.25, 0.3) is 0 Å². The molecule has 0 aromatic heterocycles. The third kappa shape index (κ3) is 3.86. The lowest BCUT2D eigenvalue weighted by atomic mass is 10.1. The molecule has 19 heavy (non-hydrogen) atoms. The minimum Gasteiger partial charge on any atom is -0.382 e. The van der Waals surface area contributed by atoms with E-state index >= 15 is 0 Å². The second kappa shape index (κ2) is 5.03. The zero-order valence-electron chi connectivity index (χ0n) is 10.1. The summed E-state index contributed by atoms with van der Waals surface area (Å²) in [6.45, 7) is 0. The van der Waals surface area contributed by atoms with Gasteiger partial charge in [0.15, 0.2) is 0 Å². The number of benzene rings is 1. The van der Waals surface area contributed by atoms with Gasteiger partial charge in [-0.1, -0.05) is 0 Å². The predicted octanol–water partition coefficient (Wildman–Crippen LogP) is 2.69. The first kappa shape index (κ1) is 14.2. The Morgan fingerprint density at radius 1 is 1.05 bits per heavy atom. The average molecular weight is 293 g/mol. The van der Waals surface area contributed by atoms with Crippen LogP contribution in [0.3, 0.4) is 0 Å². The van der Waals surface area contributed by atoms with Crippen molar-refractivity contribution in [3.05, 3.63) is 29.8 Å². The van der Waals surface area contributed by atoms with Gasteiger partial charge in [-0.25, -0.2) is 8.42 Å². The van der Waals surface area contributed by atoms with Crippen molar-refractivity contribution in [2.24, 2.45) is 0 Å². The van der Waals surface area contributed by atoms with Gasteiger partial charge in [0.2, 0.25) is 0 Å². The molecule has 7 heteroatoms. The Bertz CT molecular complexity index is 523. The normalized spacial score (nSPS) is 20.2. The van der Waals surface area contributed by atoms with Gasteiger partial charge in [0.05, 0.1) is 17.1 Å². The summed E-state index contributed by atoms with van der Waals surface area (Å²) >= 11 is 0. The summed E-state index contributed by atoms with van der Waals surface area (Å²) < 4.78 is 59.6. The maximum absolute atomic E-state index is 12.4. The molecule has 1 aliphatic heterocycles. The molecule has 0 unspecified atom stereocenters. The Balaban J connectivity index is 1.97. The van der Waals surface area contributed by atoms with Crippen molar-refractivity contribution >= 4 is 15.5 Å². The molecule has 2 rings (SSSR count). The molecule has 1 heterocycles. The van der Waals surface area contributed by atoms with Crippen LogP contribution in [0.4, 0.5) is 18.9 Å². The van der Waals surface area contributed by atoms with Crippen LogP contribution in [-0.2, 0) is 16.0 Å². The molecule has 106 valence electrons. The third-order valence-corrected chi connectivity index (χ3v) is 4.85. The van der Waals surface area contributed by atoms with Crippen LogP contribution in [0.25, 0.3) is 0 Å². The lowest BCUT2D eigenvalue weighted by Crippen LogP contribution is -2.32. The van der Waals surface area contributed by atoms with Gasteiger partial charge < -0.3 is 5.32 Å². The van der Waals surface area contributed by atoms with Crippen LogP contribution < -0.4 is 5.32 Å².